The van der Waals surface area contributed by atoms with Crippen LogP contribution in [0.15, 0.2) is 42.6 Å². The zero-order chi connectivity index (χ0) is 20.5. The van der Waals surface area contributed by atoms with Crippen LogP contribution in [0, 0.1) is 0 Å². The Morgan fingerprint density at radius 2 is 2.04 bits per heavy atom. The molecule has 0 atom stereocenters. The molecule has 150 valence electrons. The molecule has 1 amide bonds. The van der Waals surface area contributed by atoms with Crippen LogP contribution >= 0.6 is 11.6 Å². The second-order valence-electron chi connectivity index (χ2n) is 6.31. The maximum absolute atomic E-state index is 12.7. The molecule has 1 fully saturated rings. The van der Waals surface area contributed by atoms with Gasteiger partial charge in [-0.25, -0.2) is 0 Å². The molecular formula is C20H24ClN3O4. The Balaban J connectivity index is 0.000000640. The minimum atomic E-state index is -0.833. The fraction of sp³-hybridized carbons (Fsp3) is 0.350. The first kappa shape index (κ1) is 21.7. The predicted octanol–water partition coefficient (Wildman–Crippen LogP) is 2.79. The van der Waals surface area contributed by atoms with Gasteiger partial charge in [-0.3, -0.25) is 14.6 Å². The van der Waals surface area contributed by atoms with Crippen molar-refractivity contribution in [3.63, 3.8) is 0 Å². The summed E-state index contributed by atoms with van der Waals surface area (Å²) in [4.78, 5) is 27.9. The van der Waals surface area contributed by atoms with Crippen molar-refractivity contribution in [3.8, 4) is 5.75 Å². The second kappa shape index (κ2) is 10.6. The van der Waals surface area contributed by atoms with E-state index in [4.69, 9.17) is 32.0 Å². The summed E-state index contributed by atoms with van der Waals surface area (Å²) >= 11 is 6.03. The van der Waals surface area contributed by atoms with Gasteiger partial charge in [0.15, 0.2) is 0 Å². The summed E-state index contributed by atoms with van der Waals surface area (Å²) in [5, 5.41) is 7.96. The Hall–Kier alpha value is -2.64. The number of ether oxygens (including phenoxy) is 1. The van der Waals surface area contributed by atoms with Gasteiger partial charge in [0.2, 0.25) is 0 Å². The Labute approximate surface area is 169 Å². The number of carboxylic acid groups (broad SMARTS) is 1. The lowest BCUT2D eigenvalue weighted by Gasteiger charge is -2.39. The van der Waals surface area contributed by atoms with Crippen LogP contribution in [0.25, 0.3) is 0 Å². The largest absolute Gasteiger partial charge is 0.493 e. The number of aliphatic carboxylic acids is 1. The van der Waals surface area contributed by atoms with E-state index >= 15 is 0 Å². The number of halogens is 1. The molecule has 0 radical (unpaired) electrons. The van der Waals surface area contributed by atoms with E-state index in [0.29, 0.717) is 48.5 Å². The number of nitrogens with two attached hydrogens (primary N) is 1. The van der Waals surface area contributed by atoms with Crippen molar-refractivity contribution in [1.82, 2.24) is 9.88 Å². The highest BCUT2D eigenvalue weighted by Crippen LogP contribution is 2.30. The highest BCUT2D eigenvalue weighted by atomic mass is 35.5. The number of carboxylic acids is 1. The molecule has 8 heteroatoms. The first-order valence-electron chi connectivity index (χ1n) is 8.94. The SMILES string of the molecule is CC(=O)O.NCCCOc1cc(Cl)ccc1C(=O)N1CC(c2ccccn2)C1. The summed E-state index contributed by atoms with van der Waals surface area (Å²) in [6.45, 7) is 3.43. The van der Waals surface area contributed by atoms with E-state index in [1.165, 1.54) is 0 Å². The number of pyridine rings is 1. The van der Waals surface area contributed by atoms with Gasteiger partial charge in [0.1, 0.15) is 5.75 Å². The molecule has 1 aliphatic rings. The lowest BCUT2D eigenvalue weighted by atomic mass is 9.94. The number of rotatable bonds is 6. The number of likely N-dealkylation sites (tertiary alicyclic amines) is 1. The smallest absolute Gasteiger partial charge is 0.300 e. The van der Waals surface area contributed by atoms with Crippen molar-refractivity contribution < 1.29 is 19.4 Å². The minimum Gasteiger partial charge on any atom is -0.493 e. The highest BCUT2D eigenvalue weighted by Gasteiger charge is 2.34. The van der Waals surface area contributed by atoms with Crippen molar-refractivity contribution in [3.05, 3.63) is 58.9 Å². The molecule has 0 aliphatic carbocycles. The van der Waals surface area contributed by atoms with Crippen LogP contribution < -0.4 is 10.5 Å². The molecule has 1 saturated heterocycles. The molecule has 1 aromatic heterocycles. The topological polar surface area (TPSA) is 106 Å². The maximum atomic E-state index is 12.7. The molecule has 1 aromatic carbocycles. The molecule has 2 aromatic rings. The molecule has 1 aliphatic heterocycles. The standard InChI is InChI=1S/C18H20ClN3O2.C2H4O2/c19-14-5-6-15(17(10-14)24-9-3-7-20)18(23)22-11-13(12-22)16-4-1-2-8-21-16;1-2(3)4/h1-2,4-6,8,10,13H,3,7,9,11-12,20H2;1H3,(H,3,4). The van der Waals surface area contributed by atoms with Crippen molar-refractivity contribution in [2.45, 2.75) is 19.3 Å². The maximum Gasteiger partial charge on any atom is 0.300 e. The molecule has 0 bridgehead atoms. The third-order valence-electron chi connectivity index (χ3n) is 4.05. The first-order chi connectivity index (χ1) is 13.4. The summed E-state index contributed by atoms with van der Waals surface area (Å²) in [7, 11) is 0. The lowest BCUT2D eigenvalue weighted by Crippen LogP contribution is -2.48. The van der Waals surface area contributed by atoms with Crippen LogP contribution in [-0.2, 0) is 4.79 Å². The molecule has 3 rings (SSSR count). The van der Waals surface area contributed by atoms with Gasteiger partial charge >= 0.3 is 0 Å². The number of hydrogen-bond donors (Lipinski definition) is 2. The Morgan fingerprint density at radius 1 is 1.32 bits per heavy atom. The van der Waals surface area contributed by atoms with E-state index in [0.717, 1.165) is 19.0 Å². The van der Waals surface area contributed by atoms with E-state index in [-0.39, 0.29) is 5.91 Å². The van der Waals surface area contributed by atoms with Crippen molar-refractivity contribution >= 4 is 23.5 Å². The van der Waals surface area contributed by atoms with Gasteiger partial charge < -0.3 is 20.5 Å². The summed E-state index contributed by atoms with van der Waals surface area (Å²) < 4.78 is 5.69. The van der Waals surface area contributed by atoms with Gasteiger partial charge in [-0.05, 0) is 43.3 Å². The zero-order valence-corrected chi connectivity index (χ0v) is 16.4. The van der Waals surface area contributed by atoms with Gasteiger partial charge in [0, 0.05) is 42.8 Å². The fourth-order valence-corrected chi connectivity index (χ4v) is 2.84. The summed E-state index contributed by atoms with van der Waals surface area (Å²) in [6.07, 6.45) is 2.51. The van der Waals surface area contributed by atoms with E-state index < -0.39 is 5.97 Å². The van der Waals surface area contributed by atoms with Gasteiger partial charge in [-0.1, -0.05) is 17.7 Å². The number of nitrogens with zero attached hydrogens (tertiary/aromatic N) is 2. The Morgan fingerprint density at radius 3 is 2.64 bits per heavy atom. The van der Waals surface area contributed by atoms with Gasteiger partial charge in [-0.2, -0.15) is 0 Å². The summed E-state index contributed by atoms with van der Waals surface area (Å²) in [5.41, 5.74) is 7.05. The van der Waals surface area contributed by atoms with Crippen LogP contribution in [-0.4, -0.2) is 53.1 Å². The number of carbonyl (C=O) groups is 2. The van der Waals surface area contributed by atoms with E-state index in [9.17, 15) is 4.79 Å². The fourth-order valence-electron chi connectivity index (χ4n) is 2.68. The number of benzene rings is 1. The monoisotopic (exact) mass is 405 g/mol. The number of amides is 1. The van der Waals surface area contributed by atoms with E-state index in [1.807, 2.05) is 18.2 Å². The van der Waals surface area contributed by atoms with Crippen LogP contribution in [0.1, 0.15) is 35.3 Å². The summed E-state index contributed by atoms with van der Waals surface area (Å²) in [5.74, 6) is -0.0621. The van der Waals surface area contributed by atoms with Crippen molar-refractivity contribution in [1.29, 1.82) is 0 Å². The average Bonchev–Trinajstić information content (AvgIpc) is 2.61. The van der Waals surface area contributed by atoms with Crippen LogP contribution in [0.5, 0.6) is 5.75 Å². The first-order valence-corrected chi connectivity index (χ1v) is 9.32. The van der Waals surface area contributed by atoms with Crippen LogP contribution in [0.3, 0.4) is 0 Å². The number of aromatic nitrogens is 1. The normalized spacial score (nSPS) is 13.2. The number of hydrogen-bond acceptors (Lipinski definition) is 5. The van der Waals surface area contributed by atoms with Crippen LogP contribution in [0.2, 0.25) is 5.02 Å². The number of carbonyl (C=O) groups excluding carboxylic acids is 1. The molecule has 0 saturated carbocycles. The molecule has 0 unspecified atom stereocenters. The van der Waals surface area contributed by atoms with Gasteiger partial charge in [-0.15, -0.1) is 0 Å². The molecular weight excluding hydrogens is 382 g/mol. The average molecular weight is 406 g/mol. The van der Waals surface area contributed by atoms with Gasteiger partial charge in [0.05, 0.1) is 12.2 Å². The second-order valence-corrected chi connectivity index (χ2v) is 6.75. The minimum absolute atomic E-state index is 0.0402. The van der Waals surface area contributed by atoms with E-state index in [2.05, 4.69) is 4.98 Å². The molecule has 0 spiro atoms. The van der Waals surface area contributed by atoms with Crippen LogP contribution in [0.4, 0.5) is 0 Å². The molecule has 3 N–H and O–H groups in total. The summed E-state index contributed by atoms with van der Waals surface area (Å²) in [6, 6.07) is 11.0. The lowest BCUT2D eigenvalue weighted by molar-refractivity contribution is -0.134. The molecule has 7 nitrogen and oxygen atoms in total. The van der Waals surface area contributed by atoms with Crippen molar-refractivity contribution in [2.24, 2.45) is 5.73 Å². The van der Waals surface area contributed by atoms with Gasteiger partial charge in [0.25, 0.3) is 11.9 Å². The molecule has 28 heavy (non-hydrogen) atoms. The molecule has 2 heterocycles. The van der Waals surface area contributed by atoms with E-state index in [1.54, 1.807) is 29.3 Å². The third-order valence-corrected chi connectivity index (χ3v) is 4.29. The zero-order valence-electron chi connectivity index (χ0n) is 15.7. The Bertz CT molecular complexity index is 791. The quantitative estimate of drug-likeness (QED) is 0.716. The predicted molar refractivity (Wildman–Crippen MR) is 107 cm³/mol. The Kier molecular flexibility index (Phi) is 8.22. The van der Waals surface area contributed by atoms with Crippen molar-refractivity contribution in [2.75, 3.05) is 26.2 Å². The highest BCUT2D eigenvalue weighted by molar-refractivity contribution is 6.30. The third kappa shape index (κ3) is 6.21.